The van der Waals surface area contributed by atoms with Crippen molar-refractivity contribution in [2.75, 3.05) is 26.8 Å². The maximum absolute atomic E-state index is 5.68. The average molecular weight is 418 g/mol. The molecule has 0 aliphatic carbocycles. The molecule has 0 atom stereocenters. The van der Waals surface area contributed by atoms with Gasteiger partial charge in [0.1, 0.15) is 0 Å². The van der Waals surface area contributed by atoms with Crippen LogP contribution in [-0.2, 0) is 6.54 Å². The molecule has 0 bridgehead atoms. The highest BCUT2D eigenvalue weighted by Crippen LogP contribution is 2.35. The van der Waals surface area contributed by atoms with Crippen molar-refractivity contribution in [3.63, 3.8) is 0 Å². The highest BCUT2D eigenvalue weighted by molar-refractivity contribution is 5.96. The Balaban J connectivity index is 1.51. The van der Waals surface area contributed by atoms with Crippen LogP contribution in [0.15, 0.2) is 47.1 Å². The van der Waals surface area contributed by atoms with Gasteiger partial charge in [0.25, 0.3) is 5.89 Å². The number of nitrogens with one attached hydrogen (secondary N) is 1. The van der Waals surface area contributed by atoms with E-state index in [0.29, 0.717) is 29.8 Å². The number of fused-ring (bicyclic) bond motifs is 1. The first-order valence-corrected chi connectivity index (χ1v) is 10.7. The van der Waals surface area contributed by atoms with Gasteiger partial charge >= 0.3 is 0 Å². The molecule has 3 heterocycles. The number of aromatic amines is 1. The molecule has 1 saturated heterocycles. The maximum atomic E-state index is 5.68. The van der Waals surface area contributed by atoms with E-state index in [4.69, 9.17) is 19.0 Å². The first-order chi connectivity index (χ1) is 15.3. The third-order valence-corrected chi connectivity index (χ3v) is 5.76. The zero-order chi connectivity index (χ0) is 21.2. The SMILES string of the molecule is CCOc1cc(-c2nc(-c3cccc4[nH]cc(CN5CCCC5)c34)no2)ccc1OC. The van der Waals surface area contributed by atoms with E-state index in [-0.39, 0.29) is 0 Å². The summed E-state index contributed by atoms with van der Waals surface area (Å²) >= 11 is 0. The minimum absolute atomic E-state index is 0.451. The van der Waals surface area contributed by atoms with Crippen LogP contribution in [0, 0.1) is 0 Å². The zero-order valence-electron chi connectivity index (χ0n) is 17.9. The number of H-pyrrole nitrogens is 1. The Bertz CT molecular complexity index is 1190. The molecule has 31 heavy (non-hydrogen) atoms. The molecule has 2 aromatic carbocycles. The van der Waals surface area contributed by atoms with E-state index < -0.39 is 0 Å². The van der Waals surface area contributed by atoms with Crippen molar-refractivity contribution in [3.05, 3.63) is 48.2 Å². The first-order valence-electron chi connectivity index (χ1n) is 10.7. The van der Waals surface area contributed by atoms with Crippen LogP contribution in [0.5, 0.6) is 11.5 Å². The topological polar surface area (TPSA) is 76.4 Å². The number of rotatable bonds is 7. The minimum Gasteiger partial charge on any atom is -0.493 e. The molecule has 1 aliphatic heterocycles. The van der Waals surface area contributed by atoms with Crippen molar-refractivity contribution < 1.29 is 14.0 Å². The molecule has 160 valence electrons. The van der Waals surface area contributed by atoms with E-state index in [1.807, 2.05) is 31.2 Å². The lowest BCUT2D eigenvalue weighted by Crippen LogP contribution is -2.18. The number of benzene rings is 2. The van der Waals surface area contributed by atoms with Crippen LogP contribution < -0.4 is 9.47 Å². The van der Waals surface area contributed by atoms with E-state index in [2.05, 4.69) is 33.4 Å². The average Bonchev–Trinajstić information content (AvgIpc) is 3.56. The van der Waals surface area contributed by atoms with Crippen molar-refractivity contribution in [1.82, 2.24) is 20.0 Å². The molecule has 1 N–H and O–H groups in total. The smallest absolute Gasteiger partial charge is 0.258 e. The Kier molecular flexibility index (Phi) is 5.34. The number of ether oxygens (including phenoxy) is 2. The Hall–Kier alpha value is -3.32. The summed E-state index contributed by atoms with van der Waals surface area (Å²) in [6.45, 7) is 5.72. The molecule has 1 aliphatic rings. The van der Waals surface area contributed by atoms with Crippen LogP contribution in [0.2, 0.25) is 0 Å². The second kappa shape index (κ2) is 8.43. The Labute approximate surface area is 181 Å². The molecule has 2 aromatic heterocycles. The van der Waals surface area contributed by atoms with Gasteiger partial charge in [-0.1, -0.05) is 17.3 Å². The van der Waals surface area contributed by atoms with Gasteiger partial charge in [-0.3, -0.25) is 4.90 Å². The summed E-state index contributed by atoms with van der Waals surface area (Å²) in [5.74, 6) is 2.36. The van der Waals surface area contributed by atoms with Gasteiger partial charge in [0, 0.05) is 34.8 Å². The summed E-state index contributed by atoms with van der Waals surface area (Å²) in [4.78, 5) is 10.6. The number of hydrogen-bond acceptors (Lipinski definition) is 6. The van der Waals surface area contributed by atoms with E-state index >= 15 is 0 Å². The second-order valence-corrected chi connectivity index (χ2v) is 7.75. The molecule has 1 fully saturated rings. The van der Waals surface area contributed by atoms with Gasteiger partial charge < -0.3 is 19.0 Å². The summed E-state index contributed by atoms with van der Waals surface area (Å²) in [6.07, 6.45) is 4.65. The number of nitrogens with zero attached hydrogens (tertiary/aromatic N) is 3. The van der Waals surface area contributed by atoms with Crippen LogP contribution in [0.1, 0.15) is 25.3 Å². The summed E-state index contributed by atoms with van der Waals surface area (Å²) in [5.41, 5.74) is 4.12. The molecule has 5 rings (SSSR count). The van der Waals surface area contributed by atoms with E-state index in [0.717, 1.165) is 41.7 Å². The van der Waals surface area contributed by atoms with Crippen LogP contribution >= 0.6 is 0 Å². The van der Waals surface area contributed by atoms with Crippen LogP contribution in [-0.4, -0.2) is 46.8 Å². The number of methoxy groups -OCH3 is 1. The van der Waals surface area contributed by atoms with Crippen LogP contribution in [0.4, 0.5) is 0 Å². The predicted octanol–water partition coefficient (Wildman–Crippen LogP) is 4.89. The lowest BCUT2D eigenvalue weighted by atomic mass is 10.1. The molecule has 0 amide bonds. The summed E-state index contributed by atoms with van der Waals surface area (Å²) in [7, 11) is 1.62. The molecule has 0 unspecified atom stereocenters. The van der Waals surface area contributed by atoms with Gasteiger partial charge in [-0.05, 0) is 62.7 Å². The molecule has 0 saturated carbocycles. The Morgan fingerprint density at radius 2 is 2.00 bits per heavy atom. The van der Waals surface area contributed by atoms with Crippen molar-refractivity contribution in [3.8, 4) is 34.3 Å². The molecule has 0 radical (unpaired) electrons. The van der Waals surface area contributed by atoms with Crippen molar-refractivity contribution in [2.24, 2.45) is 0 Å². The third-order valence-electron chi connectivity index (χ3n) is 5.76. The van der Waals surface area contributed by atoms with Gasteiger partial charge in [-0.2, -0.15) is 4.98 Å². The van der Waals surface area contributed by atoms with Crippen LogP contribution in [0.25, 0.3) is 33.7 Å². The predicted molar refractivity (Wildman–Crippen MR) is 119 cm³/mol. The zero-order valence-corrected chi connectivity index (χ0v) is 17.9. The lowest BCUT2D eigenvalue weighted by molar-refractivity contribution is 0.311. The van der Waals surface area contributed by atoms with E-state index in [1.165, 1.54) is 18.4 Å². The number of aromatic nitrogens is 3. The molecule has 7 nitrogen and oxygen atoms in total. The van der Waals surface area contributed by atoms with Gasteiger partial charge in [-0.15, -0.1) is 0 Å². The van der Waals surface area contributed by atoms with Crippen molar-refractivity contribution in [1.29, 1.82) is 0 Å². The highest BCUT2D eigenvalue weighted by atomic mass is 16.5. The van der Waals surface area contributed by atoms with Gasteiger partial charge in [-0.25, -0.2) is 0 Å². The first kappa shape index (κ1) is 19.6. The number of likely N-dealkylation sites (tertiary alicyclic amines) is 1. The fraction of sp³-hybridized carbons (Fsp3) is 0.333. The monoisotopic (exact) mass is 418 g/mol. The molecular weight excluding hydrogens is 392 g/mol. The minimum atomic E-state index is 0.451. The molecule has 4 aromatic rings. The summed E-state index contributed by atoms with van der Waals surface area (Å²) in [6, 6.07) is 11.8. The largest absolute Gasteiger partial charge is 0.493 e. The second-order valence-electron chi connectivity index (χ2n) is 7.75. The Morgan fingerprint density at radius 1 is 1.13 bits per heavy atom. The summed E-state index contributed by atoms with van der Waals surface area (Å²) in [5, 5.41) is 5.46. The molecular formula is C24H26N4O3. The van der Waals surface area contributed by atoms with Gasteiger partial charge in [0.2, 0.25) is 5.82 Å². The van der Waals surface area contributed by atoms with Gasteiger partial charge in [0.05, 0.1) is 13.7 Å². The normalized spacial score (nSPS) is 14.4. The molecule has 7 heteroatoms. The number of hydrogen-bond donors (Lipinski definition) is 1. The maximum Gasteiger partial charge on any atom is 0.258 e. The summed E-state index contributed by atoms with van der Waals surface area (Å²) < 4.78 is 16.7. The fourth-order valence-corrected chi connectivity index (χ4v) is 4.28. The van der Waals surface area contributed by atoms with Crippen molar-refractivity contribution in [2.45, 2.75) is 26.3 Å². The third kappa shape index (κ3) is 3.77. The standard InChI is InChI=1S/C24H26N4O3/c1-3-30-21-13-16(9-10-20(21)29-2)24-26-23(27-31-24)18-7-6-8-19-22(18)17(14-25-19)15-28-11-4-5-12-28/h6-10,13-14,25H,3-5,11-12,15H2,1-2H3. The molecule has 0 spiro atoms. The van der Waals surface area contributed by atoms with E-state index in [1.54, 1.807) is 7.11 Å². The van der Waals surface area contributed by atoms with Crippen molar-refractivity contribution >= 4 is 10.9 Å². The quantitative estimate of drug-likeness (QED) is 0.461. The van der Waals surface area contributed by atoms with Gasteiger partial charge in [0.15, 0.2) is 11.5 Å². The fourth-order valence-electron chi connectivity index (χ4n) is 4.28. The Morgan fingerprint density at radius 3 is 2.81 bits per heavy atom. The highest BCUT2D eigenvalue weighted by Gasteiger charge is 2.19. The lowest BCUT2D eigenvalue weighted by Gasteiger charge is -2.14. The van der Waals surface area contributed by atoms with E-state index in [9.17, 15) is 0 Å². The van der Waals surface area contributed by atoms with Crippen LogP contribution in [0.3, 0.4) is 0 Å².